The Morgan fingerprint density at radius 1 is 1.55 bits per heavy atom. The number of nitrogens with zero attached hydrogens (tertiary/aromatic N) is 1. The van der Waals surface area contributed by atoms with Crippen LogP contribution < -0.4 is 0 Å². The van der Waals surface area contributed by atoms with E-state index < -0.39 is 0 Å². The zero-order valence-corrected chi connectivity index (χ0v) is 9.34. The molecule has 0 radical (unpaired) electrons. The molecular formula is C7H17NOS2. The standard InChI is InChI=1S/C7H17NOS2/c1-7(2,11-10)8(3)5-6-9-4/h10H,5-6H2,1-4H3. The van der Waals surface area contributed by atoms with Crippen LogP contribution in [-0.4, -0.2) is 37.1 Å². The first-order valence-corrected chi connectivity index (χ1v) is 5.44. The van der Waals surface area contributed by atoms with E-state index in [0.717, 1.165) is 13.2 Å². The first-order valence-electron chi connectivity index (χ1n) is 3.57. The van der Waals surface area contributed by atoms with Crippen LogP contribution in [0.15, 0.2) is 0 Å². The summed E-state index contributed by atoms with van der Waals surface area (Å²) in [6.45, 7) is 5.99. The Balaban J connectivity index is 3.71. The smallest absolute Gasteiger partial charge is 0.0712 e. The second-order valence-corrected chi connectivity index (χ2v) is 4.68. The van der Waals surface area contributed by atoms with Crippen LogP contribution >= 0.6 is 22.5 Å². The summed E-state index contributed by atoms with van der Waals surface area (Å²) < 4.78 is 4.98. The molecule has 2 nitrogen and oxygen atoms in total. The Hall–Kier alpha value is 0.620. The van der Waals surface area contributed by atoms with Gasteiger partial charge >= 0.3 is 0 Å². The van der Waals surface area contributed by atoms with E-state index in [0.29, 0.717) is 0 Å². The zero-order chi connectivity index (χ0) is 8.91. The van der Waals surface area contributed by atoms with Gasteiger partial charge in [-0.1, -0.05) is 10.8 Å². The summed E-state index contributed by atoms with van der Waals surface area (Å²) in [7, 11) is 5.34. The number of likely N-dealkylation sites (N-methyl/N-ethyl adjacent to an activating group) is 1. The number of hydrogen-bond donors (Lipinski definition) is 1. The molecule has 0 aliphatic heterocycles. The van der Waals surface area contributed by atoms with Gasteiger partial charge in [-0.25, -0.2) is 0 Å². The van der Waals surface area contributed by atoms with Crippen LogP contribution in [-0.2, 0) is 4.74 Å². The Morgan fingerprint density at radius 3 is 2.45 bits per heavy atom. The number of rotatable bonds is 5. The minimum Gasteiger partial charge on any atom is -0.383 e. The van der Waals surface area contributed by atoms with Crippen LogP contribution in [0.1, 0.15) is 13.8 Å². The minimum absolute atomic E-state index is 0.0850. The second-order valence-electron chi connectivity index (χ2n) is 2.95. The van der Waals surface area contributed by atoms with Gasteiger partial charge in [0.25, 0.3) is 0 Å². The van der Waals surface area contributed by atoms with Crippen LogP contribution in [0.5, 0.6) is 0 Å². The van der Waals surface area contributed by atoms with Crippen LogP contribution in [0.2, 0.25) is 0 Å². The van der Waals surface area contributed by atoms with E-state index in [2.05, 4.69) is 37.5 Å². The molecule has 0 bridgehead atoms. The molecule has 4 heteroatoms. The van der Waals surface area contributed by atoms with E-state index in [1.165, 1.54) is 0 Å². The first kappa shape index (κ1) is 11.6. The molecule has 0 atom stereocenters. The van der Waals surface area contributed by atoms with Crippen molar-refractivity contribution in [2.24, 2.45) is 0 Å². The molecule has 0 spiro atoms. The summed E-state index contributed by atoms with van der Waals surface area (Å²) in [4.78, 5) is 2.30. The van der Waals surface area contributed by atoms with Gasteiger partial charge in [0.15, 0.2) is 0 Å². The summed E-state index contributed by atoms with van der Waals surface area (Å²) >= 11 is 4.20. The van der Waals surface area contributed by atoms with Gasteiger partial charge in [0.05, 0.1) is 11.5 Å². The highest BCUT2D eigenvalue weighted by atomic mass is 33.1. The normalized spacial score (nSPS) is 12.5. The van der Waals surface area contributed by atoms with E-state index in [1.54, 1.807) is 17.9 Å². The van der Waals surface area contributed by atoms with Gasteiger partial charge in [0.1, 0.15) is 0 Å². The van der Waals surface area contributed by atoms with Crippen molar-refractivity contribution in [3.63, 3.8) is 0 Å². The third-order valence-corrected chi connectivity index (χ3v) is 3.87. The highest BCUT2D eigenvalue weighted by molar-refractivity contribution is 8.69. The van der Waals surface area contributed by atoms with Crippen LogP contribution in [0.25, 0.3) is 0 Å². The van der Waals surface area contributed by atoms with Crippen molar-refractivity contribution in [1.82, 2.24) is 4.90 Å². The second kappa shape index (κ2) is 5.30. The molecule has 68 valence electrons. The van der Waals surface area contributed by atoms with E-state index >= 15 is 0 Å². The molecule has 11 heavy (non-hydrogen) atoms. The van der Waals surface area contributed by atoms with Gasteiger partial charge in [0.2, 0.25) is 0 Å². The van der Waals surface area contributed by atoms with Crippen molar-refractivity contribution < 1.29 is 4.74 Å². The maximum Gasteiger partial charge on any atom is 0.0712 e. The van der Waals surface area contributed by atoms with E-state index in [1.807, 2.05) is 0 Å². The van der Waals surface area contributed by atoms with Crippen LogP contribution in [0.4, 0.5) is 0 Å². The average Bonchev–Trinajstić information content (AvgIpc) is 2.00. The summed E-state index contributed by atoms with van der Waals surface area (Å²) in [5.74, 6) is 0. The first-order chi connectivity index (χ1) is 5.04. The quantitative estimate of drug-likeness (QED) is 0.409. The van der Waals surface area contributed by atoms with Gasteiger partial charge in [-0.05, 0) is 20.9 Å². The molecule has 0 saturated heterocycles. The van der Waals surface area contributed by atoms with E-state index in [9.17, 15) is 0 Å². The van der Waals surface area contributed by atoms with Crippen molar-refractivity contribution in [1.29, 1.82) is 0 Å². The molecule has 0 heterocycles. The Bertz CT molecular complexity index is 109. The molecule has 0 aromatic rings. The predicted octanol–water partition coefficient (Wildman–Crippen LogP) is 1.88. The van der Waals surface area contributed by atoms with Crippen LogP contribution in [0, 0.1) is 0 Å². The lowest BCUT2D eigenvalue weighted by molar-refractivity contribution is 0.138. The lowest BCUT2D eigenvalue weighted by Gasteiger charge is -2.32. The van der Waals surface area contributed by atoms with Crippen molar-refractivity contribution in [2.75, 3.05) is 27.3 Å². The Kier molecular flexibility index (Phi) is 5.60. The molecule has 0 amide bonds. The SMILES string of the molecule is COCCN(C)C(C)(C)SS. The molecular weight excluding hydrogens is 178 g/mol. The molecule has 0 rings (SSSR count). The predicted molar refractivity (Wildman–Crippen MR) is 55.2 cm³/mol. The van der Waals surface area contributed by atoms with Gasteiger partial charge in [0, 0.05) is 13.7 Å². The fourth-order valence-corrected chi connectivity index (χ4v) is 1.22. The summed E-state index contributed by atoms with van der Waals surface area (Å²) in [6.07, 6.45) is 0. The molecule has 0 aliphatic carbocycles. The van der Waals surface area contributed by atoms with Gasteiger partial charge in [-0.2, -0.15) is 0 Å². The van der Waals surface area contributed by atoms with Gasteiger partial charge in [-0.15, -0.1) is 11.7 Å². The molecule has 0 aromatic carbocycles. The Labute approximate surface area is 78.5 Å². The Morgan fingerprint density at radius 2 is 2.09 bits per heavy atom. The van der Waals surface area contributed by atoms with Crippen molar-refractivity contribution >= 4 is 22.5 Å². The molecule has 0 N–H and O–H groups in total. The third kappa shape index (κ3) is 4.25. The molecule has 0 saturated carbocycles. The van der Waals surface area contributed by atoms with Crippen molar-refractivity contribution in [3.05, 3.63) is 0 Å². The number of hydrogen-bond acceptors (Lipinski definition) is 4. The number of methoxy groups -OCH3 is 1. The highest BCUT2D eigenvalue weighted by Crippen LogP contribution is 2.29. The molecule has 0 aliphatic rings. The third-order valence-electron chi connectivity index (χ3n) is 1.77. The molecule has 0 fully saturated rings. The van der Waals surface area contributed by atoms with E-state index in [4.69, 9.17) is 4.74 Å². The summed E-state index contributed by atoms with van der Waals surface area (Å²) in [5, 5.41) is 0. The lowest BCUT2D eigenvalue weighted by Crippen LogP contribution is -2.39. The lowest BCUT2D eigenvalue weighted by atomic mass is 10.3. The zero-order valence-electron chi connectivity index (χ0n) is 7.63. The number of ether oxygens (including phenoxy) is 1. The maximum atomic E-state index is 4.98. The topological polar surface area (TPSA) is 12.5 Å². The summed E-state index contributed by atoms with van der Waals surface area (Å²) in [6, 6.07) is 0. The highest BCUT2D eigenvalue weighted by Gasteiger charge is 2.21. The largest absolute Gasteiger partial charge is 0.383 e. The summed E-state index contributed by atoms with van der Waals surface area (Å²) in [5.41, 5.74) is 0. The van der Waals surface area contributed by atoms with Crippen molar-refractivity contribution in [3.8, 4) is 0 Å². The molecule has 0 unspecified atom stereocenters. The van der Waals surface area contributed by atoms with Crippen molar-refractivity contribution in [2.45, 2.75) is 18.7 Å². The van der Waals surface area contributed by atoms with Crippen LogP contribution in [0.3, 0.4) is 0 Å². The molecule has 0 aromatic heterocycles. The fourth-order valence-electron chi connectivity index (χ4n) is 0.567. The average molecular weight is 195 g/mol. The minimum atomic E-state index is 0.0850. The number of thiol groups is 1. The maximum absolute atomic E-state index is 4.98. The van der Waals surface area contributed by atoms with E-state index in [-0.39, 0.29) is 4.87 Å². The monoisotopic (exact) mass is 195 g/mol. The fraction of sp³-hybridized carbons (Fsp3) is 1.00. The van der Waals surface area contributed by atoms with Gasteiger partial charge < -0.3 is 4.74 Å². The van der Waals surface area contributed by atoms with Gasteiger partial charge in [-0.3, -0.25) is 4.90 Å².